The van der Waals surface area contributed by atoms with Crippen LogP contribution in [0.3, 0.4) is 0 Å². The molecule has 21 atom stereocenters. The van der Waals surface area contributed by atoms with E-state index in [1.807, 2.05) is 0 Å². The molecule has 4 aliphatic rings. The molecule has 4 saturated heterocycles. The molecule has 112 heavy (non-hydrogen) atoms. The van der Waals surface area contributed by atoms with Crippen LogP contribution in [0.5, 0.6) is 0 Å². The standard InChI is InChI=1S/C67H95N3O42/c1-27(71)89-23-46-51(97-31(5)75)55(101-35(9)79)59(105-39(13)83)64(109-46)93-19-43(20-94-65-60(106-40(14)84)56(102-36(10)80)52(98-32(6)76)47(110-65)24-90-28(2)72)69-50(87)18-17-45(68)63(88)70-44(21-95-66-61(107-41(15)85)57(103-37(11)81)53(99-33(7)77)48(111-66)25-91-29(3)73)22-96-67-62(108-42(16)86)58(104-38(12)82)54(100-34(8)78)49(112-67)26-92-30(4)74/h43-49,51-62,64-67H,17-26,68H2,1-16H3,(H,69,87)(H,70,88)/t45?,46-,47-,48-,49-,51-,52-,53-,54-,55+,56+,57+,58+,59-,60-,61-,62-,64-,65-,66-,67-/m1/s1. The summed E-state index contributed by atoms with van der Waals surface area (Å²) in [5, 5.41) is 5.12. The van der Waals surface area contributed by atoms with E-state index in [4.69, 9.17) is 119 Å². The Kier molecular flexibility index (Phi) is 38.4. The largest absolute Gasteiger partial charge is 0.463 e. The second-order valence-electron chi connectivity index (χ2n) is 25.2. The molecule has 0 aromatic heterocycles. The Labute approximate surface area is 639 Å². The fraction of sp³-hybridized carbons (Fsp3) is 0.731. The van der Waals surface area contributed by atoms with Gasteiger partial charge in [0.25, 0.3) is 0 Å². The van der Waals surface area contributed by atoms with Crippen LogP contribution in [0.25, 0.3) is 0 Å². The van der Waals surface area contributed by atoms with Crippen molar-refractivity contribution in [3.8, 4) is 0 Å². The van der Waals surface area contributed by atoms with E-state index in [-0.39, 0.29) is 0 Å². The second kappa shape index (κ2) is 45.6. The van der Waals surface area contributed by atoms with E-state index in [0.717, 1.165) is 111 Å². The average molecular weight is 1610 g/mol. The van der Waals surface area contributed by atoms with Gasteiger partial charge in [-0.1, -0.05) is 0 Å². The van der Waals surface area contributed by atoms with Gasteiger partial charge in [0.05, 0.1) is 44.6 Å². The molecule has 4 heterocycles. The maximum Gasteiger partial charge on any atom is 0.303 e. The molecule has 4 N–H and O–H groups in total. The molecule has 4 rings (SSSR count). The Balaban J connectivity index is 1.85. The van der Waals surface area contributed by atoms with E-state index in [1.54, 1.807) is 0 Å². The van der Waals surface area contributed by atoms with Gasteiger partial charge < -0.3 is 130 Å². The predicted octanol–water partition coefficient (Wildman–Crippen LogP) is -3.54. The molecule has 630 valence electrons. The fourth-order valence-corrected chi connectivity index (χ4v) is 11.4. The second-order valence-corrected chi connectivity index (χ2v) is 25.2. The van der Waals surface area contributed by atoms with Crippen LogP contribution in [0.15, 0.2) is 0 Å². The van der Waals surface area contributed by atoms with Crippen LogP contribution in [-0.2, 0) is 200 Å². The van der Waals surface area contributed by atoms with Crippen LogP contribution in [0.4, 0.5) is 0 Å². The highest BCUT2D eigenvalue weighted by Crippen LogP contribution is 2.35. The van der Waals surface area contributed by atoms with E-state index in [2.05, 4.69) is 10.6 Å². The van der Waals surface area contributed by atoms with Gasteiger partial charge in [0.1, 0.15) is 50.8 Å². The zero-order valence-corrected chi connectivity index (χ0v) is 64.1. The van der Waals surface area contributed by atoms with Crippen LogP contribution in [0.2, 0.25) is 0 Å². The van der Waals surface area contributed by atoms with Gasteiger partial charge in [-0.25, -0.2) is 0 Å². The van der Waals surface area contributed by atoms with Crippen molar-refractivity contribution in [1.82, 2.24) is 10.6 Å². The first kappa shape index (κ1) is 94.5. The molecule has 0 radical (unpaired) electrons. The number of esters is 16. The molecule has 4 aliphatic heterocycles. The Morgan fingerprint density at radius 1 is 0.268 bits per heavy atom. The highest BCUT2D eigenvalue weighted by atomic mass is 16.8. The summed E-state index contributed by atoms with van der Waals surface area (Å²) in [6.07, 6.45) is -36.7. The molecule has 0 aromatic rings. The first-order chi connectivity index (χ1) is 52.4. The summed E-state index contributed by atoms with van der Waals surface area (Å²) in [6, 6.07) is -5.01. The van der Waals surface area contributed by atoms with Crippen LogP contribution < -0.4 is 16.4 Å². The Hall–Kier alpha value is -9.90. The number of amides is 2. The molecule has 0 saturated carbocycles. The fourth-order valence-electron chi connectivity index (χ4n) is 11.4. The summed E-state index contributed by atoms with van der Waals surface area (Å²) in [5.41, 5.74) is 6.52. The van der Waals surface area contributed by atoms with Gasteiger partial charge in [-0.05, 0) is 6.42 Å². The number of rotatable bonds is 38. The Morgan fingerprint density at radius 3 is 0.652 bits per heavy atom. The molecule has 1 unspecified atom stereocenters. The van der Waals surface area contributed by atoms with E-state index in [9.17, 15) is 86.3 Å². The minimum Gasteiger partial charge on any atom is -0.463 e. The summed E-state index contributed by atoms with van der Waals surface area (Å²) in [5.74, 6) is -17.9. The van der Waals surface area contributed by atoms with Gasteiger partial charge in [-0.2, -0.15) is 0 Å². The van der Waals surface area contributed by atoms with Crippen molar-refractivity contribution in [2.75, 3.05) is 52.9 Å². The van der Waals surface area contributed by atoms with Crippen LogP contribution in [-0.4, -0.2) is 301 Å². The van der Waals surface area contributed by atoms with Crippen molar-refractivity contribution in [2.24, 2.45) is 5.73 Å². The molecular weight excluding hydrogens is 1520 g/mol. The average Bonchev–Trinajstić information content (AvgIpc) is 0.803. The molecule has 0 spiro atoms. The molecule has 45 heteroatoms. The van der Waals surface area contributed by atoms with Crippen molar-refractivity contribution >= 4 is 107 Å². The lowest BCUT2D eigenvalue weighted by Crippen LogP contribution is -2.64. The van der Waals surface area contributed by atoms with E-state index in [1.165, 1.54) is 0 Å². The topological polar surface area (TPSA) is 579 Å². The smallest absolute Gasteiger partial charge is 0.303 e. The summed E-state index contributed by atoms with van der Waals surface area (Å²) < 4.78 is 136. The maximum absolute atomic E-state index is 14.6. The minimum atomic E-state index is -1.94. The molecular formula is C67H95N3O42. The van der Waals surface area contributed by atoms with Crippen LogP contribution in [0.1, 0.15) is 124 Å². The number of nitrogens with one attached hydrogen (secondary N) is 2. The molecule has 0 aromatic carbocycles. The third-order valence-corrected chi connectivity index (χ3v) is 15.4. The zero-order valence-electron chi connectivity index (χ0n) is 64.1. The molecule has 4 fully saturated rings. The zero-order chi connectivity index (χ0) is 84.1. The number of ether oxygens (including phenoxy) is 24. The van der Waals surface area contributed by atoms with E-state index in [0.29, 0.717) is 0 Å². The highest BCUT2D eigenvalue weighted by molar-refractivity contribution is 5.83. The first-order valence-corrected chi connectivity index (χ1v) is 34.5. The van der Waals surface area contributed by atoms with E-state index < -0.39 is 314 Å². The van der Waals surface area contributed by atoms with Gasteiger partial charge >= 0.3 is 95.5 Å². The van der Waals surface area contributed by atoms with Crippen molar-refractivity contribution in [2.45, 2.75) is 265 Å². The lowest BCUT2D eigenvalue weighted by molar-refractivity contribution is -0.315. The number of hydrogen-bond donors (Lipinski definition) is 3. The summed E-state index contributed by atoms with van der Waals surface area (Å²) in [6.45, 7) is 9.07. The van der Waals surface area contributed by atoms with Crippen molar-refractivity contribution in [3.63, 3.8) is 0 Å². The minimum absolute atomic E-state index is 0.626. The third kappa shape index (κ3) is 32.1. The predicted molar refractivity (Wildman–Crippen MR) is 353 cm³/mol. The van der Waals surface area contributed by atoms with Gasteiger partial charge in [-0.15, -0.1) is 0 Å². The monoisotopic (exact) mass is 1610 g/mol. The quantitative estimate of drug-likeness (QED) is 0.0398. The van der Waals surface area contributed by atoms with Gasteiger partial charge in [-0.3, -0.25) is 86.3 Å². The number of carbonyl (C=O) groups is 18. The van der Waals surface area contributed by atoms with Crippen molar-refractivity contribution in [1.29, 1.82) is 0 Å². The lowest BCUT2D eigenvalue weighted by Gasteiger charge is -2.44. The van der Waals surface area contributed by atoms with Gasteiger partial charge in [0.15, 0.2) is 98.4 Å². The summed E-state index contributed by atoms with van der Waals surface area (Å²) in [7, 11) is 0. The molecule has 2 amide bonds. The van der Waals surface area contributed by atoms with Gasteiger partial charge in [0, 0.05) is 117 Å². The molecule has 0 bridgehead atoms. The van der Waals surface area contributed by atoms with Crippen molar-refractivity contribution in [3.05, 3.63) is 0 Å². The summed E-state index contributed by atoms with van der Waals surface area (Å²) >= 11 is 0. The lowest BCUT2D eigenvalue weighted by atomic mass is 9.98. The van der Waals surface area contributed by atoms with Crippen LogP contribution in [0, 0.1) is 0 Å². The molecule has 0 aliphatic carbocycles. The molecule has 45 nitrogen and oxygen atoms in total. The highest BCUT2D eigenvalue weighted by Gasteiger charge is 2.58. The summed E-state index contributed by atoms with van der Waals surface area (Å²) in [4.78, 5) is 230. The Morgan fingerprint density at radius 2 is 0.455 bits per heavy atom. The SMILES string of the molecule is CC(=O)OC[C@H]1O[C@@H](OCC(CO[C@@H]2O[C@H](COC(C)=O)[C@@H](OC(C)=O)[C@H](OC(C)=O)[C@H]2OC(C)=O)NC(=O)CCC(N)C(=O)NC(CO[C@@H]2O[C@H](COC(C)=O)[C@@H](OC(C)=O)[C@H](OC(C)=O)[C@H]2OC(C)=O)CO[C@@H]2O[C@H](COC(C)=O)[C@@H](OC(C)=O)[C@H](OC(C)=O)[C@H]2OC(C)=O)[C@H](OC(C)=O)[C@@H](OC(C)=O)[C@@H]1OC(C)=O. The number of hydrogen-bond acceptors (Lipinski definition) is 43. The third-order valence-electron chi connectivity index (χ3n) is 15.4. The maximum atomic E-state index is 14.6. The van der Waals surface area contributed by atoms with E-state index >= 15 is 0 Å². The first-order valence-electron chi connectivity index (χ1n) is 34.5. The normalized spacial score (nSPS) is 27.6. The van der Waals surface area contributed by atoms with Crippen LogP contribution >= 0.6 is 0 Å². The number of nitrogens with two attached hydrogens (primary N) is 1. The Bertz CT molecular complexity index is 3160. The van der Waals surface area contributed by atoms with Gasteiger partial charge in [0.2, 0.25) is 11.8 Å². The van der Waals surface area contributed by atoms with Crippen molar-refractivity contribution < 1.29 is 200 Å². The number of carbonyl (C=O) groups excluding carboxylic acids is 18.